The Bertz CT molecular complexity index is 1020. The molecular weight excluding hydrogens is 393 g/mol. The zero-order chi connectivity index (χ0) is 18.9. The van der Waals surface area contributed by atoms with E-state index in [2.05, 4.69) is 4.98 Å². The molecule has 2 aromatic carbocycles. The smallest absolute Gasteiger partial charge is 0.243 e. The summed E-state index contributed by atoms with van der Waals surface area (Å²) in [4.78, 5) is 4.48. The summed E-state index contributed by atoms with van der Waals surface area (Å²) in [6.45, 7) is 0. The van der Waals surface area contributed by atoms with Crippen LogP contribution >= 0.6 is 23.2 Å². The highest BCUT2D eigenvalue weighted by molar-refractivity contribution is 7.89. The molecule has 1 heterocycles. The average Bonchev–Trinajstić information content (AvgIpc) is 3.02. The highest BCUT2D eigenvalue weighted by Crippen LogP contribution is 2.32. The third-order valence-electron chi connectivity index (χ3n) is 4.13. The fourth-order valence-corrected chi connectivity index (χ4v) is 4.47. The average molecular weight is 410 g/mol. The number of sulfonamides is 1. The van der Waals surface area contributed by atoms with Gasteiger partial charge in [-0.3, -0.25) is 0 Å². The van der Waals surface area contributed by atoms with E-state index in [4.69, 9.17) is 23.2 Å². The van der Waals surface area contributed by atoms with Crippen molar-refractivity contribution in [2.75, 3.05) is 7.05 Å². The summed E-state index contributed by atoms with van der Waals surface area (Å²) >= 11 is 12.0. The van der Waals surface area contributed by atoms with Gasteiger partial charge in [0.15, 0.2) is 0 Å². The lowest BCUT2D eigenvalue weighted by Crippen LogP contribution is -2.33. The highest BCUT2D eigenvalue weighted by Gasteiger charge is 2.32. The molecule has 8 heteroatoms. The molecule has 1 atom stereocenters. The van der Waals surface area contributed by atoms with Crippen molar-refractivity contribution in [2.45, 2.75) is 10.9 Å². The molecule has 0 N–H and O–H groups in total. The second-order valence-corrected chi connectivity index (χ2v) is 8.70. The van der Waals surface area contributed by atoms with Gasteiger partial charge < -0.3 is 4.57 Å². The minimum absolute atomic E-state index is 0.126. The van der Waals surface area contributed by atoms with E-state index in [0.29, 0.717) is 15.9 Å². The van der Waals surface area contributed by atoms with Gasteiger partial charge in [-0.05, 0) is 35.9 Å². The number of hydrogen-bond donors (Lipinski definition) is 0. The lowest BCUT2D eigenvalue weighted by atomic mass is 10.1. The van der Waals surface area contributed by atoms with E-state index in [1.165, 1.54) is 23.5 Å². The van der Waals surface area contributed by atoms with Gasteiger partial charge in [-0.15, -0.1) is 0 Å². The van der Waals surface area contributed by atoms with Crippen LogP contribution < -0.4 is 0 Å². The van der Waals surface area contributed by atoms with Crippen molar-refractivity contribution >= 4 is 33.2 Å². The third-order valence-corrected chi connectivity index (χ3v) is 6.43. The number of benzene rings is 2. The van der Waals surface area contributed by atoms with Crippen LogP contribution in [0.5, 0.6) is 0 Å². The second kappa shape index (κ2) is 7.40. The molecule has 0 fully saturated rings. The summed E-state index contributed by atoms with van der Waals surface area (Å²) in [6.07, 6.45) is 3.41. The van der Waals surface area contributed by atoms with E-state index in [1.54, 1.807) is 53.4 Å². The first-order chi connectivity index (χ1) is 12.3. The van der Waals surface area contributed by atoms with Crippen LogP contribution in [-0.4, -0.2) is 29.3 Å². The summed E-state index contributed by atoms with van der Waals surface area (Å²) in [5.41, 5.74) is 0.761. The van der Waals surface area contributed by atoms with Crippen LogP contribution in [0.25, 0.3) is 0 Å². The minimum atomic E-state index is -3.80. The lowest BCUT2D eigenvalue weighted by Gasteiger charge is -2.27. The lowest BCUT2D eigenvalue weighted by molar-refractivity contribution is 0.398. The molecule has 0 radical (unpaired) electrons. The molecule has 3 aromatic rings. The molecule has 0 saturated heterocycles. The first-order valence-electron chi connectivity index (χ1n) is 7.77. The quantitative estimate of drug-likeness (QED) is 0.636. The van der Waals surface area contributed by atoms with Crippen LogP contribution in [0.15, 0.2) is 65.8 Å². The van der Waals surface area contributed by atoms with Crippen LogP contribution in [0.2, 0.25) is 10.0 Å². The molecule has 1 aromatic heterocycles. The summed E-state index contributed by atoms with van der Waals surface area (Å²) in [5, 5.41) is 0.937. The summed E-state index contributed by atoms with van der Waals surface area (Å²) in [6, 6.07) is 12.6. The molecule has 26 heavy (non-hydrogen) atoms. The van der Waals surface area contributed by atoms with Crippen molar-refractivity contribution in [2.24, 2.45) is 7.05 Å². The monoisotopic (exact) mass is 409 g/mol. The Kier molecular flexibility index (Phi) is 5.39. The Labute approximate surface area is 162 Å². The highest BCUT2D eigenvalue weighted by atomic mass is 35.5. The fourth-order valence-electron chi connectivity index (χ4n) is 2.74. The molecule has 0 aliphatic carbocycles. The van der Waals surface area contributed by atoms with Crippen LogP contribution in [0.4, 0.5) is 0 Å². The van der Waals surface area contributed by atoms with Crippen molar-refractivity contribution in [1.29, 1.82) is 0 Å². The van der Waals surface area contributed by atoms with E-state index >= 15 is 0 Å². The number of aromatic nitrogens is 2. The van der Waals surface area contributed by atoms with Crippen molar-refractivity contribution in [1.82, 2.24) is 13.9 Å². The standard InChI is InChI=1S/C18H17Cl2N3O2S/c1-22-11-10-21-18(22)17(13-6-8-14(19)9-7-13)23(2)26(24,25)16-5-3-4-15(20)12-16/h3-12,17H,1-2H3. The molecule has 0 amide bonds. The molecule has 136 valence electrons. The third kappa shape index (κ3) is 3.64. The van der Waals surface area contributed by atoms with E-state index in [1.807, 2.05) is 7.05 Å². The van der Waals surface area contributed by atoms with E-state index in [-0.39, 0.29) is 4.90 Å². The first-order valence-corrected chi connectivity index (χ1v) is 9.96. The van der Waals surface area contributed by atoms with Crippen LogP contribution in [-0.2, 0) is 17.1 Å². The van der Waals surface area contributed by atoms with Gasteiger partial charge in [0.05, 0.1) is 4.90 Å². The largest absolute Gasteiger partial charge is 0.336 e. The van der Waals surface area contributed by atoms with Gasteiger partial charge >= 0.3 is 0 Å². The van der Waals surface area contributed by atoms with Gasteiger partial charge in [-0.25, -0.2) is 13.4 Å². The predicted octanol–water partition coefficient (Wildman–Crippen LogP) is 4.14. The van der Waals surface area contributed by atoms with Gasteiger partial charge in [0.1, 0.15) is 11.9 Å². The number of rotatable bonds is 5. The Balaban J connectivity index is 2.12. The zero-order valence-corrected chi connectivity index (χ0v) is 16.5. The molecule has 3 rings (SSSR count). The number of aryl methyl sites for hydroxylation is 1. The topological polar surface area (TPSA) is 55.2 Å². The van der Waals surface area contributed by atoms with Gasteiger partial charge in [0.25, 0.3) is 0 Å². The zero-order valence-electron chi connectivity index (χ0n) is 14.2. The normalized spacial score (nSPS) is 13.1. The maximum Gasteiger partial charge on any atom is 0.243 e. The van der Waals surface area contributed by atoms with Crippen LogP contribution in [0.1, 0.15) is 17.4 Å². The molecule has 5 nitrogen and oxygen atoms in total. The first kappa shape index (κ1) is 18.9. The Morgan fingerprint density at radius 1 is 1.08 bits per heavy atom. The maximum atomic E-state index is 13.2. The van der Waals surface area contributed by atoms with Crippen molar-refractivity contribution in [3.8, 4) is 0 Å². The van der Waals surface area contributed by atoms with E-state index in [0.717, 1.165) is 5.56 Å². The van der Waals surface area contributed by atoms with Gasteiger partial charge in [0, 0.05) is 36.5 Å². The van der Waals surface area contributed by atoms with Crippen LogP contribution in [0.3, 0.4) is 0 Å². The molecule has 0 aliphatic heterocycles. The van der Waals surface area contributed by atoms with Gasteiger partial charge in [-0.2, -0.15) is 4.31 Å². The SMILES string of the molecule is CN(C(c1ccc(Cl)cc1)c1nccn1C)S(=O)(=O)c1cccc(Cl)c1. The number of nitrogens with zero attached hydrogens (tertiary/aromatic N) is 3. The van der Waals surface area contributed by atoms with Crippen molar-refractivity contribution < 1.29 is 8.42 Å². The Hall–Kier alpha value is -1.86. The van der Waals surface area contributed by atoms with E-state index in [9.17, 15) is 8.42 Å². The van der Waals surface area contributed by atoms with E-state index < -0.39 is 16.1 Å². The fraction of sp³-hybridized carbons (Fsp3) is 0.167. The predicted molar refractivity (Wildman–Crippen MR) is 103 cm³/mol. The number of hydrogen-bond acceptors (Lipinski definition) is 3. The molecule has 1 unspecified atom stereocenters. The summed E-state index contributed by atoms with van der Waals surface area (Å²) in [5.74, 6) is 0.598. The number of halogens is 2. The Morgan fingerprint density at radius 3 is 2.35 bits per heavy atom. The minimum Gasteiger partial charge on any atom is -0.336 e. The molecule has 0 aliphatic rings. The second-order valence-electron chi connectivity index (χ2n) is 5.83. The van der Waals surface area contributed by atoms with Crippen molar-refractivity contribution in [3.63, 3.8) is 0 Å². The summed E-state index contributed by atoms with van der Waals surface area (Å²) in [7, 11) is -0.443. The summed E-state index contributed by atoms with van der Waals surface area (Å²) < 4.78 is 29.4. The molecule has 0 spiro atoms. The molecule has 0 saturated carbocycles. The van der Waals surface area contributed by atoms with Gasteiger partial charge in [-0.1, -0.05) is 41.4 Å². The number of imidazole rings is 1. The van der Waals surface area contributed by atoms with Crippen LogP contribution in [0, 0.1) is 0 Å². The Morgan fingerprint density at radius 2 is 1.77 bits per heavy atom. The molecule has 0 bridgehead atoms. The maximum absolute atomic E-state index is 13.2. The van der Waals surface area contributed by atoms with Gasteiger partial charge in [0.2, 0.25) is 10.0 Å². The molecular formula is C18H17Cl2N3O2S. The van der Waals surface area contributed by atoms with Crippen molar-refractivity contribution in [3.05, 3.63) is 82.4 Å².